The average molecular weight is 340 g/mol. The lowest BCUT2D eigenvalue weighted by Crippen LogP contribution is -2.22. The maximum absolute atomic E-state index is 13.2. The Kier molecular flexibility index (Phi) is 5.03. The average Bonchev–Trinajstić information content (AvgIpc) is 2.41. The van der Waals surface area contributed by atoms with Crippen molar-refractivity contribution in [2.75, 3.05) is 0 Å². The molecule has 0 fully saturated rings. The molecule has 0 atom stereocenters. The van der Waals surface area contributed by atoms with Gasteiger partial charge in [-0.15, -0.1) is 0 Å². The molecule has 2 aromatic rings. The SMILES string of the molecule is CC(C)NCc1cncc(Oc2cc(F)ccc2Br)n1. The molecule has 0 saturated carbocycles. The van der Waals surface area contributed by atoms with Crippen LogP contribution in [-0.4, -0.2) is 16.0 Å². The van der Waals surface area contributed by atoms with Gasteiger partial charge in [-0.1, -0.05) is 13.8 Å². The fourth-order valence-corrected chi connectivity index (χ4v) is 1.83. The predicted molar refractivity (Wildman–Crippen MR) is 78.2 cm³/mol. The van der Waals surface area contributed by atoms with Gasteiger partial charge in [0.1, 0.15) is 11.6 Å². The molecule has 0 aliphatic heterocycles. The zero-order chi connectivity index (χ0) is 14.5. The normalized spacial score (nSPS) is 10.8. The zero-order valence-corrected chi connectivity index (χ0v) is 12.8. The van der Waals surface area contributed by atoms with Crippen molar-refractivity contribution in [3.63, 3.8) is 0 Å². The lowest BCUT2D eigenvalue weighted by Gasteiger charge is -2.09. The Hall–Kier alpha value is -1.53. The van der Waals surface area contributed by atoms with Crippen molar-refractivity contribution in [1.82, 2.24) is 15.3 Å². The van der Waals surface area contributed by atoms with Crippen LogP contribution in [0.15, 0.2) is 35.1 Å². The first-order valence-electron chi connectivity index (χ1n) is 6.22. The molecule has 0 saturated heterocycles. The van der Waals surface area contributed by atoms with Gasteiger partial charge in [0.25, 0.3) is 0 Å². The molecule has 0 amide bonds. The van der Waals surface area contributed by atoms with E-state index >= 15 is 0 Å². The molecule has 0 aliphatic rings. The fraction of sp³-hybridized carbons (Fsp3) is 0.286. The quantitative estimate of drug-likeness (QED) is 0.902. The largest absolute Gasteiger partial charge is 0.436 e. The van der Waals surface area contributed by atoms with Crippen LogP contribution in [0.4, 0.5) is 4.39 Å². The van der Waals surface area contributed by atoms with E-state index in [0.29, 0.717) is 28.7 Å². The summed E-state index contributed by atoms with van der Waals surface area (Å²) in [5.74, 6) is 0.335. The van der Waals surface area contributed by atoms with E-state index in [-0.39, 0.29) is 5.82 Å². The van der Waals surface area contributed by atoms with E-state index in [1.807, 2.05) is 0 Å². The number of rotatable bonds is 5. The second-order valence-electron chi connectivity index (χ2n) is 4.56. The lowest BCUT2D eigenvalue weighted by molar-refractivity contribution is 0.448. The van der Waals surface area contributed by atoms with Crippen molar-refractivity contribution in [2.45, 2.75) is 26.4 Å². The van der Waals surface area contributed by atoms with Crippen LogP contribution < -0.4 is 10.1 Å². The molecule has 0 aliphatic carbocycles. The van der Waals surface area contributed by atoms with Gasteiger partial charge in [0.15, 0.2) is 0 Å². The molecular weight excluding hydrogens is 325 g/mol. The monoisotopic (exact) mass is 339 g/mol. The van der Waals surface area contributed by atoms with Crippen LogP contribution in [-0.2, 0) is 6.54 Å². The van der Waals surface area contributed by atoms with E-state index in [0.717, 1.165) is 5.69 Å². The highest BCUT2D eigenvalue weighted by molar-refractivity contribution is 9.10. The van der Waals surface area contributed by atoms with E-state index in [4.69, 9.17) is 4.74 Å². The summed E-state index contributed by atoms with van der Waals surface area (Å²) in [7, 11) is 0. The summed E-state index contributed by atoms with van der Waals surface area (Å²) < 4.78 is 19.4. The van der Waals surface area contributed by atoms with E-state index in [2.05, 4.69) is 45.1 Å². The molecule has 6 heteroatoms. The molecule has 0 unspecified atom stereocenters. The number of aromatic nitrogens is 2. The number of nitrogens with zero attached hydrogens (tertiary/aromatic N) is 2. The number of hydrogen-bond donors (Lipinski definition) is 1. The Balaban J connectivity index is 2.13. The number of hydrogen-bond acceptors (Lipinski definition) is 4. The first-order valence-corrected chi connectivity index (χ1v) is 7.01. The maximum atomic E-state index is 13.2. The van der Waals surface area contributed by atoms with Crippen molar-refractivity contribution < 1.29 is 9.13 Å². The van der Waals surface area contributed by atoms with E-state index in [1.54, 1.807) is 12.3 Å². The predicted octanol–water partition coefficient (Wildman–Crippen LogP) is 3.67. The standard InChI is InChI=1S/C14H15BrFN3O/c1-9(2)18-7-11-6-17-8-14(19-11)20-13-5-10(16)3-4-12(13)15/h3-6,8-9,18H,7H2,1-2H3. The summed E-state index contributed by atoms with van der Waals surface area (Å²) >= 11 is 3.30. The molecular formula is C14H15BrFN3O. The van der Waals surface area contributed by atoms with Gasteiger partial charge in [-0.05, 0) is 28.1 Å². The third-order valence-electron chi connectivity index (χ3n) is 2.46. The first-order chi connectivity index (χ1) is 9.54. The molecule has 1 aromatic heterocycles. The molecule has 0 spiro atoms. The molecule has 1 aromatic carbocycles. The Morgan fingerprint density at radius 1 is 1.35 bits per heavy atom. The zero-order valence-electron chi connectivity index (χ0n) is 11.2. The Bertz CT molecular complexity index is 592. The van der Waals surface area contributed by atoms with Gasteiger partial charge in [-0.3, -0.25) is 4.98 Å². The van der Waals surface area contributed by atoms with Gasteiger partial charge < -0.3 is 10.1 Å². The molecule has 0 radical (unpaired) electrons. The third-order valence-corrected chi connectivity index (χ3v) is 3.12. The molecule has 1 N–H and O–H groups in total. The summed E-state index contributed by atoms with van der Waals surface area (Å²) in [5.41, 5.74) is 0.767. The summed E-state index contributed by atoms with van der Waals surface area (Å²) in [6.07, 6.45) is 3.17. The number of nitrogens with one attached hydrogen (secondary N) is 1. The van der Waals surface area contributed by atoms with Gasteiger partial charge in [-0.2, -0.15) is 0 Å². The van der Waals surface area contributed by atoms with E-state index in [9.17, 15) is 4.39 Å². The first kappa shape index (κ1) is 14.9. The van der Waals surface area contributed by atoms with Crippen LogP contribution in [0.2, 0.25) is 0 Å². The van der Waals surface area contributed by atoms with Crippen molar-refractivity contribution >= 4 is 15.9 Å². The van der Waals surface area contributed by atoms with Crippen LogP contribution in [0.3, 0.4) is 0 Å². The molecule has 4 nitrogen and oxygen atoms in total. The van der Waals surface area contributed by atoms with Crippen LogP contribution in [0.25, 0.3) is 0 Å². The second-order valence-corrected chi connectivity index (χ2v) is 5.42. The topological polar surface area (TPSA) is 47.0 Å². The number of ether oxygens (including phenoxy) is 1. The van der Waals surface area contributed by atoms with Crippen LogP contribution in [0.5, 0.6) is 11.6 Å². The van der Waals surface area contributed by atoms with Gasteiger partial charge in [0.2, 0.25) is 5.88 Å². The van der Waals surface area contributed by atoms with Crippen LogP contribution in [0.1, 0.15) is 19.5 Å². The summed E-state index contributed by atoms with van der Waals surface area (Å²) in [4.78, 5) is 8.39. The fourth-order valence-electron chi connectivity index (χ4n) is 1.50. The summed E-state index contributed by atoms with van der Waals surface area (Å²) in [5, 5.41) is 3.25. The molecule has 0 bridgehead atoms. The minimum atomic E-state index is -0.367. The molecule has 1 heterocycles. The van der Waals surface area contributed by atoms with Crippen molar-refractivity contribution in [3.8, 4) is 11.6 Å². The van der Waals surface area contributed by atoms with E-state index < -0.39 is 0 Å². The van der Waals surface area contributed by atoms with Gasteiger partial charge >= 0.3 is 0 Å². The molecule has 20 heavy (non-hydrogen) atoms. The summed E-state index contributed by atoms with van der Waals surface area (Å²) in [6.45, 7) is 4.71. The van der Waals surface area contributed by atoms with Crippen LogP contribution >= 0.6 is 15.9 Å². The lowest BCUT2D eigenvalue weighted by atomic mass is 10.3. The Morgan fingerprint density at radius 2 is 2.15 bits per heavy atom. The maximum Gasteiger partial charge on any atom is 0.238 e. The van der Waals surface area contributed by atoms with Crippen molar-refractivity contribution in [3.05, 3.63) is 46.6 Å². The van der Waals surface area contributed by atoms with Gasteiger partial charge in [0.05, 0.1) is 16.4 Å². The minimum absolute atomic E-state index is 0.333. The van der Waals surface area contributed by atoms with Gasteiger partial charge in [-0.25, -0.2) is 9.37 Å². The Labute approximate surface area is 125 Å². The highest BCUT2D eigenvalue weighted by atomic mass is 79.9. The highest BCUT2D eigenvalue weighted by Gasteiger charge is 2.07. The minimum Gasteiger partial charge on any atom is -0.436 e. The molecule has 106 valence electrons. The summed E-state index contributed by atoms with van der Waals surface area (Å²) in [6, 6.07) is 4.59. The third kappa shape index (κ3) is 4.25. The van der Waals surface area contributed by atoms with Crippen molar-refractivity contribution in [2.24, 2.45) is 0 Å². The van der Waals surface area contributed by atoms with Crippen molar-refractivity contribution in [1.29, 1.82) is 0 Å². The second kappa shape index (κ2) is 6.76. The number of halogens is 2. The highest BCUT2D eigenvalue weighted by Crippen LogP contribution is 2.29. The smallest absolute Gasteiger partial charge is 0.238 e. The Morgan fingerprint density at radius 3 is 2.90 bits per heavy atom. The number of benzene rings is 1. The molecule has 2 rings (SSSR count). The van der Waals surface area contributed by atoms with Gasteiger partial charge in [0, 0.05) is 24.8 Å². The van der Waals surface area contributed by atoms with Crippen LogP contribution in [0, 0.1) is 5.82 Å². The van der Waals surface area contributed by atoms with E-state index in [1.165, 1.54) is 18.3 Å².